The normalized spacial score (nSPS) is 11.8. The van der Waals surface area contributed by atoms with Crippen molar-refractivity contribution in [3.05, 3.63) is 33.9 Å². The minimum Gasteiger partial charge on any atom is -0.481 e. The summed E-state index contributed by atoms with van der Waals surface area (Å²) in [4.78, 5) is 31.7. The molecular weight excluding hydrogens is 292 g/mol. The van der Waals surface area contributed by atoms with E-state index >= 15 is 0 Å². The van der Waals surface area contributed by atoms with Gasteiger partial charge in [0.15, 0.2) is 17.3 Å². The van der Waals surface area contributed by atoms with Crippen LogP contribution in [0, 0.1) is 21.7 Å². The minimum atomic E-state index is -1.59. The molecule has 0 saturated heterocycles. The van der Waals surface area contributed by atoms with Crippen molar-refractivity contribution in [2.75, 3.05) is 5.32 Å². The van der Waals surface area contributed by atoms with Gasteiger partial charge in [-0.25, -0.2) is 8.78 Å². The van der Waals surface area contributed by atoms with Crippen LogP contribution in [0.5, 0.6) is 0 Å². The third-order valence-electron chi connectivity index (χ3n) is 2.52. The van der Waals surface area contributed by atoms with Crippen LogP contribution in [0.25, 0.3) is 0 Å². The van der Waals surface area contributed by atoms with Crippen LogP contribution >= 0.6 is 0 Å². The van der Waals surface area contributed by atoms with E-state index in [4.69, 9.17) is 10.8 Å². The molecule has 0 spiro atoms. The van der Waals surface area contributed by atoms with Crippen LogP contribution in [0.3, 0.4) is 0 Å². The van der Waals surface area contributed by atoms with Crippen molar-refractivity contribution in [2.45, 2.75) is 18.9 Å². The molecule has 0 radical (unpaired) electrons. The van der Waals surface area contributed by atoms with E-state index in [0.717, 1.165) is 0 Å². The smallest absolute Gasteiger partial charge is 0.303 e. The number of anilines is 1. The number of aliphatic carboxylic acids is 1. The highest BCUT2D eigenvalue weighted by atomic mass is 19.2. The largest absolute Gasteiger partial charge is 0.481 e. The molecule has 1 aromatic rings. The zero-order valence-electron chi connectivity index (χ0n) is 10.5. The van der Waals surface area contributed by atoms with Gasteiger partial charge in [0.25, 0.3) is 5.69 Å². The number of benzene rings is 1. The third kappa shape index (κ3) is 4.18. The molecule has 0 heterocycles. The minimum absolute atomic E-state index is 0.258. The highest BCUT2D eigenvalue weighted by Crippen LogP contribution is 2.29. The number of carboxylic acids is 1. The lowest BCUT2D eigenvalue weighted by Crippen LogP contribution is -2.36. The number of nitrogens with two attached hydrogens (primary N) is 1. The molecule has 1 aromatic carbocycles. The van der Waals surface area contributed by atoms with Crippen molar-refractivity contribution < 1.29 is 28.4 Å². The van der Waals surface area contributed by atoms with Crippen molar-refractivity contribution in [1.82, 2.24) is 0 Å². The molecule has 0 aliphatic rings. The van der Waals surface area contributed by atoms with E-state index in [2.05, 4.69) is 0 Å². The number of amides is 1. The van der Waals surface area contributed by atoms with Crippen LogP contribution in [-0.2, 0) is 9.59 Å². The van der Waals surface area contributed by atoms with Gasteiger partial charge in [-0.1, -0.05) is 0 Å². The molecule has 0 aromatic heterocycles. The van der Waals surface area contributed by atoms with E-state index in [1.807, 2.05) is 5.32 Å². The highest BCUT2D eigenvalue weighted by molar-refractivity contribution is 5.96. The fraction of sp³-hybridized carbons (Fsp3) is 0.273. The molecule has 21 heavy (non-hydrogen) atoms. The Hall–Kier alpha value is -2.62. The number of carbonyl (C=O) groups excluding carboxylic acids is 1. The van der Waals surface area contributed by atoms with Crippen LogP contribution in [0.4, 0.5) is 20.2 Å². The Kier molecular flexibility index (Phi) is 5.24. The molecule has 1 unspecified atom stereocenters. The fourth-order valence-corrected chi connectivity index (χ4v) is 1.44. The Bertz CT molecular complexity index is 593. The van der Waals surface area contributed by atoms with Crippen LogP contribution < -0.4 is 11.1 Å². The maximum Gasteiger partial charge on any atom is 0.303 e. The van der Waals surface area contributed by atoms with Gasteiger partial charge in [-0.05, 0) is 12.5 Å². The SMILES string of the molecule is NC(CCC(=O)O)C(=O)Nc1c([N+](=O)[O-])ccc(F)c1F. The predicted molar refractivity (Wildman–Crippen MR) is 66.5 cm³/mol. The Labute approximate surface area is 116 Å². The quantitative estimate of drug-likeness (QED) is 0.530. The average Bonchev–Trinajstić information content (AvgIpc) is 2.40. The second-order valence-electron chi connectivity index (χ2n) is 4.04. The number of nitro groups is 1. The van der Waals surface area contributed by atoms with Gasteiger partial charge in [-0.2, -0.15) is 0 Å². The molecule has 1 amide bonds. The first-order valence-electron chi connectivity index (χ1n) is 5.64. The number of hydrogen-bond donors (Lipinski definition) is 3. The molecule has 1 rings (SSSR count). The van der Waals surface area contributed by atoms with Crippen molar-refractivity contribution in [3.8, 4) is 0 Å². The summed E-state index contributed by atoms with van der Waals surface area (Å²) in [6, 6.07) is -0.0899. The maximum absolute atomic E-state index is 13.5. The first kappa shape index (κ1) is 16.4. The van der Waals surface area contributed by atoms with Crippen LogP contribution in [0.1, 0.15) is 12.8 Å². The molecular formula is C11H11F2N3O5. The first-order chi connectivity index (χ1) is 9.73. The average molecular weight is 303 g/mol. The van der Waals surface area contributed by atoms with E-state index in [9.17, 15) is 28.5 Å². The standard InChI is InChI=1S/C11H11F2N3O5/c12-5-1-3-7(16(20)21)10(9(5)13)15-11(19)6(14)2-4-8(17)18/h1,3,6H,2,4,14H2,(H,15,19)(H,17,18). The highest BCUT2D eigenvalue weighted by Gasteiger charge is 2.25. The molecule has 0 aliphatic carbocycles. The van der Waals surface area contributed by atoms with Gasteiger partial charge >= 0.3 is 5.97 Å². The fourth-order valence-electron chi connectivity index (χ4n) is 1.44. The Morgan fingerprint density at radius 3 is 2.57 bits per heavy atom. The predicted octanol–water partition coefficient (Wildman–Crippen LogP) is 1.00. The number of halogens is 2. The molecule has 4 N–H and O–H groups in total. The van der Waals surface area contributed by atoms with Gasteiger partial charge in [0.2, 0.25) is 5.91 Å². The summed E-state index contributed by atoms with van der Waals surface area (Å²) >= 11 is 0. The molecule has 0 aliphatic heterocycles. The van der Waals surface area contributed by atoms with E-state index in [-0.39, 0.29) is 6.42 Å². The first-order valence-corrected chi connectivity index (χ1v) is 5.64. The van der Waals surface area contributed by atoms with Crippen LogP contribution in [0.15, 0.2) is 12.1 Å². The molecule has 0 saturated carbocycles. The van der Waals surface area contributed by atoms with Gasteiger partial charge in [-0.15, -0.1) is 0 Å². The number of nitrogens with one attached hydrogen (secondary N) is 1. The lowest BCUT2D eigenvalue weighted by Gasteiger charge is -2.12. The van der Waals surface area contributed by atoms with Crippen molar-refractivity contribution in [2.24, 2.45) is 5.73 Å². The number of carboxylic acid groups (broad SMARTS) is 1. The number of carbonyl (C=O) groups is 2. The lowest BCUT2D eigenvalue weighted by molar-refractivity contribution is -0.384. The summed E-state index contributed by atoms with van der Waals surface area (Å²) < 4.78 is 26.6. The van der Waals surface area contributed by atoms with Gasteiger partial charge in [0.05, 0.1) is 11.0 Å². The van der Waals surface area contributed by atoms with E-state index in [1.54, 1.807) is 0 Å². The summed E-state index contributed by atoms with van der Waals surface area (Å²) in [7, 11) is 0. The zero-order chi connectivity index (χ0) is 16.2. The van der Waals surface area contributed by atoms with Crippen LogP contribution in [0.2, 0.25) is 0 Å². The number of nitro benzene ring substituents is 1. The summed E-state index contributed by atoms with van der Waals surface area (Å²) in [5.74, 6) is -5.22. The van der Waals surface area contributed by atoms with Gasteiger partial charge < -0.3 is 16.2 Å². The third-order valence-corrected chi connectivity index (χ3v) is 2.52. The van der Waals surface area contributed by atoms with Crippen molar-refractivity contribution in [1.29, 1.82) is 0 Å². The summed E-state index contributed by atoms with van der Waals surface area (Å²) in [6.45, 7) is 0. The number of hydrogen-bond acceptors (Lipinski definition) is 5. The van der Waals surface area contributed by atoms with Crippen LogP contribution in [-0.4, -0.2) is 27.9 Å². The Morgan fingerprint density at radius 2 is 2.05 bits per heavy atom. The molecule has 0 bridgehead atoms. The van der Waals surface area contributed by atoms with E-state index in [1.165, 1.54) is 0 Å². The monoisotopic (exact) mass is 303 g/mol. The van der Waals surface area contributed by atoms with E-state index in [0.29, 0.717) is 12.1 Å². The second kappa shape index (κ2) is 6.70. The van der Waals surface area contributed by atoms with Gasteiger partial charge in [0.1, 0.15) is 0 Å². The summed E-state index contributed by atoms with van der Waals surface area (Å²) in [5.41, 5.74) is 3.58. The maximum atomic E-state index is 13.5. The van der Waals surface area contributed by atoms with Crippen molar-refractivity contribution in [3.63, 3.8) is 0 Å². The Balaban J connectivity index is 2.96. The molecule has 114 valence electrons. The van der Waals surface area contributed by atoms with Crippen molar-refractivity contribution >= 4 is 23.3 Å². The number of nitrogens with zero attached hydrogens (tertiary/aromatic N) is 1. The van der Waals surface area contributed by atoms with Gasteiger partial charge in [0, 0.05) is 12.5 Å². The Morgan fingerprint density at radius 1 is 1.43 bits per heavy atom. The second-order valence-corrected chi connectivity index (χ2v) is 4.04. The van der Waals surface area contributed by atoms with Gasteiger partial charge in [-0.3, -0.25) is 19.7 Å². The number of rotatable bonds is 6. The lowest BCUT2D eigenvalue weighted by atomic mass is 10.1. The molecule has 10 heteroatoms. The van der Waals surface area contributed by atoms with E-state index < -0.39 is 52.3 Å². The topological polar surface area (TPSA) is 136 Å². The molecule has 1 atom stereocenters. The summed E-state index contributed by atoms with van der Waals surface area (Å²) in [5, 5.41) is 21.0. The molecule has 0 fully saturated rings. The zero-order valence-corrected chi connectivity index (χ0v) is 10.5. The summed E-state index contributed by atoms with van der Waals surface area (Å²) in [6.07, 6.45) is -0.672. The molecule has 8 nitrogen and oxygen atoms in total.